The molecule has 0 aliphatic carbocycles. The van der Waals surface area contributed by atoms with Gasteiger partial charge in [0.05, 0.1) is 4.92 Å². The number of carbonyl (C=O) groups is 1. The van der Waals surface area contributed by atoms with Crippen molar-refractivity contribution in [1.82, 2.24) is 0 Å². The van der Waals surface area contributed by atoms with E-state index in [0.29, 0.717) is 4.47 Å². The fraction of sp³-hybridized carbons (Fsp3) is 0.222. The third kappa shape index (κ3) is 3.32. The quantitative estimate of drug-likeness (QED) is 0.624. The van der Waals surface area contributed by atoms with Gasteiger partial charge < -0.3 is 4.74 Å². The molecule has 0 saturated heterocycles. The third-order valence-electron chi connectivity index (χ3n) is 1.55. The van der Waals surface area contributed by atoms with Crippen LogP contribution in [0.1, 0.15) is 6.92 Å². The molecular formula is C9H8BrNO4. The predicted molar refractivity (Wildman–Crippen MR) is 57.0 cm³/mol. The molecule has 1 aromatic carbocycles. The molecule has 80 valence electrons. The maximum Gasteiger partial charge on any atom is 0.311 e. The zero-order valence-electron chi connectivity index (χ0n) is 7.90. The van der Waals surface area contributed by atoms with Crippen LogP contribution in [0.3, 0.4) is 0 Å². The Morgan fingerprint density at radius 2 is 2.27 bits per heavy atom. The number of benzene rings is 1. The van der Waals surface area contributed by atoms with Gasteiger partial charge in [-0.3, -0.25) is 14.9 Å². The normalized spacial score (nSPS) is 9.73. The standard InChI is InChI=1S/C9H8BrNO4/c1-6(12)5-15-9-4-7(10)2-3-8(9)11(13)14/h2-4H,5H2,1H3. The van der Waals surface area contributed by atoms with Gasteiger partial charge >= 0.3 is 5.69 Å². The van der Waals surface area contributed by atoms with Crippen LogP contribution in [0.5, 0.6) is 5.75 Å². The lowest BCUT2D eigenvalue weighted by Gasteiger charge is -2.04. The summed E-state index contributed by atoms with van der Waals surface area (Å²) in [6.07, 6.45) is 0. The Hall–Kier alpha value is -1.43. The van der Waals surface area contributed by atoms with E-state index in [1.165, 1.54) is 19.1 Å². The van der Waals surface area contributed by atoms with Gasteiger partial charge in [0.2, 0.25) is 0 Å². The van der Waals surface area contributed by atoms with Crippen LogP contribution in [0, 0.1) is 10.1 Å². The van der Waals surface area contributed by atoms with Crippen LogP contribution in [0.4, 0.5) is 5.69 Å². The van der Waals surface area contributed by atoms with Gasteiger partial charge in [0.15, 0.2) is 11.5 Å². The van der Waals surface area contributed by atoms with Crippen molar-refractivity contribution in [2.45, 2.75) is 6.92 Å². The van der Waals surface area contributed by atoms with Gasteiger partial charge in [-0.05, 0) is 13.0 Å². The van der Waals surface area contributed by atoms with Crippen LogP contribution in [0.2, 0.25) is 0 Å². The minimum atomic E-state index is -0.554. The van der Waals surface area contributed by atoms with Gasteiger partial charge in [0.25, 0.3) is 0 Å². The summed E-state index contributed by atoms with van der Waals surface area (Å²) in [4.78, 5) is 20.7. The second kappa shape index (κ2) is 4.88. The molecule has 0 N–H and O–H groups in total. The van der Waals surface area contributed by atoms with Gasteiger partial charge in [-0.15, -0.1) is 0 Å². The molecule has 0 unspecified atom stereocenters. The molecule has 0 fully saturated rings. The largest absolute Gasteiger partial charge is 0.479 e. The van der Waals surface area contributed by atoms with Crippen molar-refractivity contribution >= 4 is 27.4 Å². The molecule has 0 saturated carbocycles. The van der Waals surface area contributed by atoms with E-state index in [1.807, 2.05) is 0 Å². The van der Waals surface area contributed by atoms with E-state index in [0.717, 1.165) is 0 Å². The SMILES string of the molecule is CC(=O)COc1cc(Br)ccc1[N+](=O)[O-]. The van der Waals surface area contributed by atoms with Gasteiger partial charge in [-0.1, -0.05) is 15.9 Å². The number of ether oxygens (including phenoxy) is 1. The maximum absolute atomic E-state index is 10.7. The zero-order chi connectivity index (χ0) is 11.4. The van der Waals surface area contributed by atoms with E-state index >= 15 is 0 Å². The number of nitrogens with zero attached hydrogens (tertiary/aromatic N) is 1. The fourth-order valence-electron chi connectivity index (χ4n) is 0.934. The summed E-state index contributed by atoms with van der Waals surface area (Å²) in [7, 11) is 0. The van der Waals surface area contributed by atoms with Crippen molar-refractivity contribution in [3.8, 4) is 5.75 Å². The Morgan fingerprint density at radius 3 is 2.80 bits per heavy atom. The van der Waals surface area contributed by atoms with E-state index in [1.54, 1.807) is 6.07 Å². The van der Waals surface area contributed by atoms with Crippen LogP contribution >= 0.6 is 15.9 Å². The Balaban J connectivity index is 2.96. The summed E-state index contributed by atoms with van der Waals surface area (Å²) in [6, 6.07) is 4.32. The molecule has 1 rings (SSSR count). The van der Waals surface area contributed by atoms with E-state index in [9.17, 15) is 14.9 Å². The van der Waals surface area contributed by atoms with Gasteiger partial charge in [0, 0.05) is 16.6 Å². The van der Waals surface area contributed by atoms with Crippen molar-refractivity contribution < 1.29 is 14.5 Å². The smallest absolute Gasteiger partial charge is 0.311 e. The monoisotopic (exact) mass is 273 g/mol. The number of halogens is 1. The molecule has 5 nitrogen and oxygen atoms in total. The third-order valence-corrected chi connectivity index (χ3v) is 2.04. The Bertz CT molecular complexity index is 405. The number of ketones is 1. The summed E-state index contributed by atoms with van der Waals surface area (Å²) < 4.78 is 5.68. The van der Waals surface area contributed by atoms with Crippen molar-refractivity contribution in [3.05, 3.63) is 32.8 Å². The van der Waals surface area contributed by atoms with E-state index in [2.05, 4.69) is 15.9 Å². The number of nitro groups is 1. The van der Waals surface area contributed by atoms with Crippen molar-refractivity contribution in [2.75, 3.05) is 6.61 Å². The zero-order valence-corrected chi connectivity index (χ0v) is 9.48. The molecule has 0 aliphatic rings. The van der Waals surface area contributed by atoms with Crippen LogP contribution in [0.25, 0.3) is 0 Å². The fourth-order valence-corrected chi connectivity index (χ4v) is 1.27. The number of hydrogen-bond acceptors (Lipinski definition) is 4. The summed E-state index contributed by atoms with van der Waals surface area (Å²) in [5.41, 5.74) is -0.153. The summed E-state index contributed by atoms with van der Waals surface area (Å²) >= 11 is 3.16. The first-order chi connectivity index (χ1) is 7.00. The highest BCUT2D eigenvalue weighted by molar-refractivity contribution is 9.10. The van der Waals surface area contributed by atoms with Crippen LogP contribution in [-0.4, -0.2) is 17.3 Å². The van der Waals surface area contributed by atoms with E-state index < -0.39 is 4.92 Å². The maximum atomic E-state index is 10.7. The van der Waals surface area contributed by atoms with Crippen LogP contribution in [0.15, 0.2) is 22.7 Å². The second-order valence-corrected chi connectivity index (χ2v) is 3.78. The lowest BCUT2D eigenvalue weighted by atomic mass is 10.3. The second-order valence-electron chi connectivity index (χ2n) is 2.86. The van der Waals surface area contributed by atoms with E-state index in [4.69, 9.17) is 4.74 Å². The average Bonchev–Trinajstić information content (AvgIpc) is 2.14. The number of Topliss-reactive ketones (excluding diaryl/α,β-unsaturated/α-hetero) is 1. The van der Waals surface area contributed by atoms with Crippen molar-refractivity contribution in [1.29, 1.82) is 0 Å². The lowest BCUT2D eigenvalue weighted by Crippen LogP contribution is -2.07. The van der Waals surface area contributed by atoms with Crippen molar-refractivity contribution in [3.63, 3.8) is 0 Å². The van der Waals surface area contributed by atoms with Gasteiger partial charge in [0.1, 0.15) is 6.61 Å². The lowest BCUT2D eigenvalue weighted by molar-refractivity contribution is -0.385. The van der Waals surface area contributed by atoms with Crippen molar-refractivity contribution in [2.24, 2.45) is 0 Å². The Kier molecular flexibility index (Phi) is 3.79. The predicted octanol–water partition coefficient (Wildman–Crippen LogP) is 2.33. The molecule has 15 heavy (non-hydrogen) atoms. The summed E-state index contributed by atoms with van der Waals surface area (Å²) in [5, 5.41) is 10.6. The topological polar surface area (TPSA) is 69.4 Å². The van der Waals surface area contributed by atoms with Crippen LogP contribution in [-0.2, 0) is 4.79 Å². The number of hydrogen-bond donors (Lipinski definition) is 0. The summed E-state index contributed by atoms with van der Waals surface area (Å²) in [5.74, 6) is -0.103. The number of rotatable bonds is 4. The Labute approximate surface area is 94.3 Å². The molecule has 0 radical (unpaired) electrons. The molecule has 0 amide bonds. The summed E-state index contributed by atoms with van der Waals surface area (Å²) in [6.45, 7) is 1.18. The van der Waals surface area contributed by atoms with Gasteiger partial charge in [-0.2, -0.15) is 0 Å². The first kappa shape index (κ1) is 11.6. The minimum Gasteiger partial charge on any atom is -0.479 e. The highest BCUT2D eigenvalue weighted by atomic mass is 79.9. The molecule has 1 aromatic rings. The molecule has 0 aliphatic heterocycles. The molecule has 0 atom stereocenters. The highest BCUT2D eigenvalue weighted by Gasteiger charge is 2.15. The first-order valence-corrected chi connectivity index (χ1v) is 4.86. The minimum absolute atomic E-state index is 0.0876. The highest BCUT2D eigenvalue weighted by Crippen LogP contribution is 2.29. The molecule has 0 aromatic heterocycles. The molecular weight excluding hydrogens is 266 g/mol. The van der Waals surface area contributed by atoms with Crippen LogP contribution < -0.4 is 4.74 Å². The molecule has 0 heterocycles. The number of carbonyl (C=O) groups excluding carboxylic acids is 1. The average molecular weight is 274 g/mol. The van der Waals surface area contributed by atoms with E-state index in [-0.39, 0.29) is 23.8 Å². The number of nitro benzene ring substituents is 1. The molecule has 0 spiro atoms. The Morgan fingerprint density at radius 1 is 1.60 bits per heavy atom. The first-order valence-electron chi connectivity index (χ1n) is 4.07. The molecule has 6 heteroatoms. The van der Waals surface area contributed by atoms with Gasteiger partial charge in [-0.25, -0.2) is 0 Å². The molecule has 0 bridgehead atoms.